The highest BCUT2D eigenvalue weighted by atomic mass is 16.3. The van der Waals surface area contributed by atoms with Gasteiger partial charge in [-0.2, -0.15) is 0 Å². The fourth-order valence-corrected chi connectivity index (χ4v) is 4.00. The third-order valence-corrected chi connectivity index (χ3v) is 5.71. The average molecular weight is 378 g/mol. The minimum absolute atomic E-state index is 0.0382. The predicted octanol–water partition coefficient (Wildman–Crippen LogP) is 3.93. The van der Waals surface area contributed by atoms with E-state index in [1.165, 1.54) is 6.39 Å². The zero-order valence-electron chi connectivity index (χ0n) is 16.7. The first-order valence-electron chi connectivity index (χ1n) is 9.83. The van der Waals surface area contributed by atoms with Gasteiger partial charge in [-0.05, 0) is 39.2 Å². The summed E-state index contributed by atoms with van der Waals surface area (Å²) < 4.78 is 7.72. The molecule has 0 radical (unpaired) electrons. The molecule has 1 fully saturated rings. The van der Waals surface area contributed by atoms with Crippen LogP contribution in [0.15, 0.2) is 41.3 Å². The summed E-state index contributed by atoms with van der Waals surface area (Å²) in [5, 5.41) is 0. The molecule has 28 heavy (non-hydrogen) atoms. The molecular weight excluding hydrogens is 352 g/mol. The molecular formula is C22H26N4O2. The van der Waals surface area contributed by atoms with Crippen LogP contribution in [0.5, 0.6) is 0 Å². The van der Waals surface area contributed by atoms with Gasteiger partial charge in [0.15, 0.2) is 17.8 Å². The number of aryl methyl sites for hydroxylation is 3. The normalized spacial score (nSPS) is 16.7. The number of carbonyl (C=O) groups excluding carboxylic acids is 1. The zero-order chi connectivity index (χ0) is 19.7. The van der Waals surface area contributed by atoms with E-state index < -0.39 is 0 Å². The van der Waals surface area contributed by atoms with Gasteiger partial charge in [0.05, 0.1) is 0 Å². The van der Waals surface area contributed by atoms with E-state index in [9.17, 15) is 4.79 Å². The third-order valence-electron chi connectivity index (χ3n) is 5.71. The summed E-state index contributed by atoms with van der Waals surface area (Å²) in [7, 11) is 2.04. The van der Waals surface area contributed by atoms with Crippen molar-refractivity contribution in [1.29, 1.82) is 0 Å². The van der Waals surface area contributed by atoms with Crippen LogP contribution < -0.4 is 0 Å². The van der Waals surface area contributed by atoms with Gasteiger partial charge >= 0.3 is 0 Å². The lowest BCUT2D eigenvalue weighted by Crippen LogP contribution is -2.36. The maximum Gasteiger partial charge on any atom is 0.276 e. The number of likely N-dealkylation sites (tertiary alicyclic amines) is 1. The van der Waals surface area contributed by atoms with E-state index in [-0.39, 0.29) is 11.9 Å². The molecule has 0 N–H and O–H groups in total. The standard InChI is InChI=1S/C22H26N4O2/c1-15-6-4-7-17(12-15)21-20(24-14-28-21)22(27)26-11-5-8-18(26)9-10-19-23-13-16(2)25(19)3/h4,6-7,12-14,18H,5,8-11H2,1-3H3. The van der Waals surface area contributed by atoms with Crippen molar-refractivity contribution in [3.8, 4) is 11.3 Å². The molecule has 1 unspecified atom stereocenters. The molecule has 0 saturated carbocycles. The molecule has 1 amide bonds. The third kappa shape index (κ3) is 3.46. The summed E-state index contributed by atoms with van der Waals surface area (Å²) >= 11 is 0. The molecule has 146 valence electrons. The first-order valence-corrected chi connectivity index (χ1v) is 9.83. The second-order valence-corrected chi connectivity index (χ2v) is 7.61. The number of aromatic nitrogens is 3. The Bertz CT molecular complexity index is 988. The fraction of sp³-hybridized carbons (Fsp3) is 0.409. The monoisotopic (exact) mass is 378 g/mol. The summed E-state index contributed by atoms with van der Waals surface area (Å²) in [5.74, 6) is 1.58. The van der Waals surface area contributed by atoms with E-state index in [1.807, 2.05) is 49.3 Å². The van der Waals surface area contributed by atoms with Gasteiger partial charge in [-0.15, -0.1) is 0 Å². The molecule has 0 spiro atoms. The van der Waals surface area contributed by atoms with Crippen LogP contribution in [-0.2, 0) is 13.5 Å². The second-order valence-electron chi connectivity index (χ2n) is 7.61. The molecule has 1 atom stereocenters. The first-order chi connectivity index (χ1) is 13.5. The van der Waals surface area contributed by atoms with Gasteiger partial charge in [0.1, 0.15) is 5.82 Å². The summed E-state index contributed by atoms with van der Waals surface area (Å²) in [6, 6.07) is 8.18. The van der Waals surface area contributed by atoms with Gasteiger partial charge in [0.25, 0.3) is 5.91 Å². The lowest BCUT2D eigenvalue weighted by molar-refractivity contribution is 0.0725. The van der Waals surface area contributed by atoms with Gasteiger partial charge in [-0.25, -0.2) is 9.97 Å². The number of rotatable bonds is 5. The van der Waals surface area contributed by atoms with Gasteiger partial charge in [0.2, 0.25) is 0 Å². The van der Waals surface area contributed by atoms with E-state index in [2.05, 4.69) is 21.5 Å². The number of hydrogen-bond acceptors (Lipinski definition) is 4. The first kappa shape index (κ1) is 18.5. The van der Waals surface area contributed by atoms with E-state index in [1.54, 1.807) is 0 Å². The van der Waals surface area contributed by atoms with Crippen LogP contribution in [0.2, 0.25) is 0 Å². The number of benzene rings is 1. The van der Waals surface area contributed by atoms with Gasteiger partial charge in [0, 0.05) is 43.5 Å². The second kappa shape index (κ2) is 7.62. The highest BCUT2D eigenvalue weighted by Crippen LogP contribution is 2.29. The molecule has 6 heteroatoms. The van der Waals surface area contributed by atoms with E-state index >= 15 is 0 Å². The number of hydrogen-bond donors (Lipinski definition) is 0. The van der Waals surface area contributed by atoms with Crippen molar-refractivity contribution in [1.82, 2.24) is 19.4 Å². The van der Waals surface area contributed by atoms with Crippen molar-refractivity contribution in [2.75, 3.05) is 6.54 Å². The largest absolute Gasteiger partial charge is 0.443 e. The lowest BCUT2D eigenvalue weighted by atomic mass is 10.1. The Morgan fingerprint density at radius 2 is 2.14 bits per heavy atom. The van der Waals surface area contributed by atoms with Gasteiger partial charge < -0.3 is 13.9 Å². The number of imidazole rings is 1. The molecule has 1 aliphatic heterocycles. The van der Waals surface area contributed by atoms with Crippen molar-refractivity contribution in [2.45, 2.75) is 45.6 Å². The van der Waals surface area contributed by atoms with Crippen LogP contribution in [0.4, 0.5) is 0 Å². The van der Waals surface area contributed by atoms with Crippen LogP contribution >= 0.6 is 0 Å². The predicted molar refractivity (Wildman–Crippen MR) is 107 cm³/mol. The van der Waals surface area contributed by atoms with Crippen LogP contribution in [0, 0.1) is 13.8 Å². The minimum Gasteiger partial charge on any atom is -0.443 e. The van der Waals surface area contributed by atoms with Crippen molar-refractivity contribution in [2.24, 2.45) is 7.05 Å². The molecule has 3 aromatic rings. The van der Waals surface area contributed by atoms with Gasteiger partial charge in [-0.3, -0.25) is 4.79 Å². The molecule has 0 aliphatic carbocycles. The van der Waals surface area contributed by atoms with Crippen molar-refractivity contribution < 1.29 is 9.21 Å². The molecule has 1 aliphatic rings. The Balaban J connectivity index is 1.51. The van der Waals surface area contributed by atoms with Crippen molar-refractivity contribution >= 4 is 5.91 Å². The Hall–Kier alpha value is -2.89. The molecule has 3 heterocycles. The molecule has 4 rings (SSSR count). The van der Waals surface area contributed by atoms with Gasteiger partial charge in [-0.1, -0.05) is 23.8 Å². The Labute approximate surface area is 165 Å². The minimum atomic E-state index is -0.0382. The van der Waals surface area contributed by atoms with Crippen molar-refractivity contribution in [3.05, 3.63) is 59.6 Å². The number of oxazole rings is 1. The van der Waals surface area contributed by atoms with E-state index in [0.717, 1.165) is 54.9 Å². The SMILES string of the molecule is Cc1cccc(-c2ocnc2C(=O)N2CCCC2CCc2ncc(C)n2C)c1. The number of carbonyl (C=O) groups is 1. The number of nitrogens with zero attached hydrogens (tertiary/aromatic N) is 4. The fourth-order valence-electron chi connectivity index (χ4n) is 4.00. The molecule has 1 aromatic carbocycles. The average Bonchev–Trinajstić information content (AvgIpc) is 3.41. The highest BCUT2D eigenvalue weighted by molar-refractivity contribution is 5.98. The zero-order valence-corrected chi connectivity index (χ0v) is 16.7. The highest BCUT2D eigenvalue weighted by Gasteiger charge is 2.32. The molecule has 0 bridgehead atoms. The van der Waals surface area contributed by atoms with Crippen LogP contribution in [0.3, 0.4) is 0 Å². The van der Waals surface area contributed by atoms with E-state index in [4.69, 9.17) is 4.42 Å². The van der Waals surface area contributed by atoms with Crippen LogP contribution in [0.25, 0.3) is 11.3 Å². The van der Waals surface area contributed by atoms with E-state index in [0.29, 0.717) is 11.5 Å². The van der Waals surface area contributed by atoms with Crippen LogP contribution in [-0.4, -0.2) is 37.9 Å². The smallest absolute Gasteiger partial charge is 0.276 e. The Morgan fingerprint density at radius 1 is 1.29 bits per heavy atom. The number of amides is 1. The topological polar surface area (TPSA) is 64.2 Å². The molecule has 1 saturated heterocycles. The summed E-state index contributed by atoms with van der Waals surface area (Å²) in [5.41, 5.74) is 3.57. The summed E-state index contributed by atoms with van der Waals surface area (Å²) in [4.78, 5) is 24.0. The lowest BCUT2D eigenvalue weighted by Gasteiger charge is -2.24. The molecule has 6 nitrogen and oxygen atoms in total. The Morgan fingerprint density at radius 3 is 2.89 bits per heavy atom. The van der Waals surface area contributed by atoms with Crippen molar-refractivity contribution in [3.63, 3.8) is 0 Å². The maximum absolute atomic E-state index is 13.3. The van der Waals surface area contributed by atoms with Crippen LogP contribution in [0.1, 0.15) is 46.8 Å². The maximum atomic E-state index is 13.3. The molecule has 2 aromatic heterocycles. The summed E-state index contributed by atoms with van der Waals surface area (Å²) in [6.45, 7) is 4.85. The Kier molecular flexibility index (Phi) is 5.03. The summed E-state index contributed by atoms with van der Waals surface area (Å²) in [6.07, 6.45) is 7.08. The quantitative estimate of drug-likeness (QED) is 0.675.